The van der Waals surface area contributed by atoms with Crippen molar-refractivity contribution in [3.05, 3.63) is 0 Å². The molecule has 0 aliphatic heterocycles. The van der Waals surface area contributed by atoms with Crippen LogP contribution in [0.25, 0.3) is 0 Å². The minimum Gasteiger partial charge on any atom is -0.395 e. The first-order valence-corrected chi connectivity index (χ1v) is 1.70. The smallest absolute Gasteiger partial charge is 0.129 e. The molecule has 0 aromatic heterocycles. The molecule has 0 fully saturated rings. The second kappa shape index (κ2) is 4.43. The molecule has 0 heterocycles. The second-order valence-corrected chi connectivity index (χ2v) is 0.751. The molecule has 0 aromatic rings. The van der Waals surface area contributed by atoms with Crippen molar-refractivity contribution in [2.75, 3.05) is 13.2 Å². The SMILES string of the molecule is C=NOCCN. The van der Waals surface area contributed by atoms with Gasteiger partial charge in [-0.05, 0) is 0 Å². The van der Waals surface area contributed by atoms with Crippen molar-refractivity contribution < 1.29 is 4.84 Å². The molecular weight excluding hydrogens is 80.0 g/mol. The van der Waals surface area contributed by atoms with Gasteiger partial charge in [0.25, 0.3) is 0 Å². The van der Waals surface area contributed by atoms with Crippen molar-refractivity contribution in [1.82, 2.24) is 0 Å². The number of hydrogen-bond acceptors (Lipinski definition) is 3. The van der Waals surface area contributed by atoms with Crippen molar-refractivity contribution in [2.45, 2.75) is 0 Å². The summed E-state index contributed by atoms with van der Waals surface area (Å²) in [4.78, 5) is 4.37. The summed E-state index contributed by atoms with van der Waals surface area (Å²) in [5.41, 5.74) is 5.00. The van der Waals surface area contributed by atoms with E-state index in [2.05, 4.69) is 16.7 Å². The number of nitrogens with zero attached hydrogens (tertiary/aromatic N) is 1. The average Bonchev–Trinajstić information content (AvgIpc) is 1.61. The van der Waals surface area contributed by atoms with E-state index in [1.165, 1.54) is 0 Å². The molecule has 2 N–H and O–H groups in total. The Hall–Kier alpha value is -0.570. The lowest BCUT2D eigenvalue weighted by molar-refractivity contribution is 0.155. The summed E-state index contributed by atoms with van der Waals surface area (Å²) < 4.78 is 0. The van der Waals surface area contributed by atoms with Crippen LogP contribution in [0.15, 0.2) is 5.16 Å². The van der Waals surface area contributed by atoms with E-state index >= 15 is 0 Å². The maximum atomic E-state index is 5.00. The normalized spacial score (nSPS) is 7.50. The zero-order valence-corrected chi connectivity index (χ0v) is 3.55. The maximum absolute atomic E-state index is 5.00. The number of oxime groups is 1. The van der Waals surface area contributed by atoms with E-state index < -0.39 is 0 Å². The van der Waals surface area contributed by atoms with Gasteiger partial charge in [-0.3, -0.25) is 0 Å². The Bertz CT molecular complexity index is 37.8. The molecule has 3 nitrogen and oxygen atoms in total. The summed E-state index contributed by atoms with van der Waals surface area (Å²) in [6.07, 6.45) is 0. The molecule has 0 unspecified atom stereocenters. The quantitative estimate of drug-likeness (QED) is 0.289. The van der Waals surface area contributed by atoms with Crippen LogP contribution in [-0.4, -0.2) is 19.9 Å². The van der Waals surface area contributed by atoms with Crippen LogP contribution >= 0.6 is 0 Å². The minimum atomic E-state index is 0.462. The van der Waals surface area contributed by atoms with Crippen LogP contribution in [0.4, 0.5) is 0 Å². The molecule has 0 aliphatic rings. The third-order valence-electron chi connectivity index (χ3n) is 0.300. The molecule has 0 aromatic carbocycles. The molecule has 0 atom stereocenters. The molecule has 3 heteroatoms. The van der Waals surface area contributed by atoms with Crippen molar-refractivity contribution in [3.63, 3.8) is 0 Å². The predicted octanol–water partition coefficient (Wildman–Crippen LogP) is -0.423. The highest BCUT2D eigenvalue weighted by molar-refractivity contribution is 5.21. The van der Waals surface area contributed by atoms with Crippen LogP contribution in [0.5, 0.6) is 0 Å². The van der Waals surface area contributed by atoms with Gasteiger partial charge in [-0.15, -0.1) is 5.16 Å². The molecular formula is C3H8N2O. The average molecular weight is 88.1 g/mol. The molecule has 0 aliphatic carbocycles. The highest BCUT2D eigenvalue weighted by Gasteiger charge is 1.69. The molecule has 0 spiro atoms. The molecule has 0 radical (unpaired) electrons. The zero-order chi connectivity index (χ0) is 4.83. The maximum Gasteiger partial charge on any atom is 0.129 e. The van der Waals surface area contributed by atoms with Gasteiger partial charge in [-0.1, -0.05) is 0 Å². The topological polar surface area (TPSA) is 47.6 Å². The highest BCUT2D eigenvalue weighted by Crippen LogP contribution is 1.64. The summed E-state index contributed by atoms with van der Waals surface area (Å²) in [7, 11) is 0. The predicted molar refractivity (Wildman–Crippen MR) is 24.6 cm³/mol. The van der Waals surface area contributed by atoms with Crippen molar-refractivity contribution in [2.24, 2.45) is 10.9 Å². The molecule has 0 saturated heterocycles. The van der Waals surface area contributed by atoms with Crippen LogP contribution in [-0.2, 0) is 4.84 Å². The van der Waals surface area contributed by atoms with Crippen molar-refractivity contribution in [3.8, 4) is 0 Å². The van der Waals surface area contributed by atoms with Gasteiger partial charge in [0, 0.05) is 13.3 Å². The van der Waals surface area contributed by atoms with Gasteiger partial charge in [-0.25, -0.2) is 0 Å². The van der Waals surface area contributed by atoms with E-state index in [0.29, 0.717) is 13.2 Å². The Labute approximate surface area is 36.8 Å². The van der Waals surface area contributed by atoms with Crippen LogP contribution in [0.2, 0.25) is 0 Å². The van der Waals surface area contributed by atoms with E-state index in [-0.39, 0.29) is 0 Å². The Morgan fingerprint density at radius 3 is 2.67 bits per heavy atom. The van der Waals surface area contributed by atoms with Gasteiger partial charge in [0.05, 0.1) is 0 Å². The van der Waals surface area contributed by atoms with E-state index in [1.54, 1.807) is 0 Å². The molecule has 0 bridgehead atoms. The summed E-state index contributed by atoms with van der Waals surface area (Å²) >= 11 is 0. The van der Waals surface area contributed by atoms with Gasteiger partial charge >= 0.3 is 0 Å². The second-order valence-electron chi connectivity index (χ2n) is 0.751. The van der Waals surface area contributed by atoms with Gasteiger partial charge in [0.15, 0.2) is 0 Å². The minimum absolute atomic E-state index is 0.462. The first-order chi connectivity index (χ1) is 2.91. The Kier molecular flexibility index (Phi) is 4.01. The summed E-state index contributed by atoms with van der Waals surface area (Å²) in [5.74, 6) is 0. The standard InChI is InChI=1S/C3H8N2O/c1-5-6-3-2-4/h1-4H2. The first-order valence-electron chi connectivity index (χ1n) is 1.70. The lowest BCUT2D eigenvalue weighted by Gasteiger charge is -1.88. The summed E-state index contributed by atoms with van der Waals surface area (Å²) in [6, 6.07) is 0. The Balaban J connectivity index is 2.49. The Morgan fingerprint density at radius 2 is 2.50 bits per heavy atom. The molecule has 6 heavy (non-hydrogen) atoms. The van der Waals surface area contributed by atoms with Crippen LogP contribution in [0.1, 0.15) is 0 Å². The zero-order valence-electron chi connectivity index (χ0n) is 3.55. The van der Waals surface area contributed by atoms with Gasteiger partial charge in [-0.2, -0.15) is 0 Å². The molecule has 0 rings (SSSR count). The fourth-order valence-electron chi connectivity index (χ4n) is 0.117. The highest BCUT2D eigenvalue weighted by atomic mass is 16.6. The lowest BCUT2D eigenvalue weighted by atomic mass is 10.8. The fraction of sp³-hybridized carbons (Fsp3) is 0.667. The van der Waals surface area contributed by atoms with E-state index in [1.807, 2.05) is 0 Å². The van der Waals surface area contributed by atoms with Crippen molar-refractivity contribution in [1.29, 1.82) is 0 Å². The summed E-state index contributed by atoms with van der Waals surface area (Å²) in [5, 5.41) is 3.10. The molecule has 36 valence electrons. The third kappa shape index (κ3) is 3.43. The van der Waals surface area contributed by atoms with Crippen LogP contribution in [0, 0.1) is 0 Å². The first kappa shape index (κ1) is 5.43. The van der Waals surface area contributed by atoms with Gasteiger partial charge < -0.3 is 10.6 Å². The van der Waals surface area contributed by atoms with Crippen molar-refractivity contribution >= 4 is 6.72 Å². The molecule has 0 saturated carbocycles. The summed E-state index contributed by atoms with van der Waals surface area (Å²) in [6.45, 7) is 4.03. The fourth-order valence-corrected chi connectivity index (χ4v) is 0.117. The third-order valence-corrected chi connectivity index (χ3v) is 0.300. The Morgan fingerprint density at radius 1 is 1.83 bits per heavy atom. The lowest BCUT2D eigenvalue weighted by Crippen LogP contribution is -2.04. The van der Waals surface area contributed by atoms with Gasteiger partial charge in [0.2, 0.25) is 0 Å². The van der Waals surface area contributed by atoms with Gasteiger partial charge in [0.1, 0.15) is 6.61 Å². The number of rotatable bonds is 3. The number of hydrogen-bond donors (Lipinski definition) is 1. The van der Waals surface area contributed by atoms with Crippen LogP contribution in [0.3, 0.4) is 0 Å². The van der Waals surface area contributed by atoms with E-state index in [4.69, 9.17) is 5.73 Å². The molecule has 0 amide bonds. The largest absolute Gasteiger partial charge is 0.395 e. The van der Waals surface area contributed by atoms with E-state index in [0.717, 1.165) is 0 Å². The monoisotopic (exact) mass is 88.1 g/mol. The number of nitrogens with two attached hydrogens (primary N) is 1. The van der Waals surface area contributed by atoms with E-state index in [9.17, 15) is 0 Å². The van der Waals surface area contributed by atoms with Crippen LogP contribution < -0.4 is 5.73 Å².